The molecule has 0 spiro atoms. The van der Waals surface area contributed by atoms with Crippen molar-refractivity contribution >= 4 is 21.9 Å². The van der Waals surface area contributed by atoms with Crippen LogP contribution in [0.25, 0.3) is 0 Å². The zero-order valence-electron chi connectivity index (χ0n) is 7.34. The molecule has 1 aromatic rings. The molecule has 0 fully saturated rings. The van der Waals surface area contributed by atoms with Gasteiger partial charge in [-0.1, -0.05) is 6.07 Å². The van der Waals surface area contributed by atoms with E-state index in [-0.39, 0.29) is 10.0 Å². The smallest absolute Gasteiger partial charge is 0.307 e. The average molecular weight is 263 g/mol. The van der Waals surface area contributed by atoms with E-state index in [1.54, 1.807) is 6.92 Å². The molecule has 1 rings (SSSR count). The lowest BCUT2D eigenvalue weighted by molar-refractivity contribution is -0.136. The van der Waals surface area contributed by atoms with Crippen molar-refractivity contribution in [2.75, 3.05) is 0 Å². The molecule has 0 radical (unpaired) electrons. The van der Waals surface area contributed by atoms with Crippen LogP contribution in [0.5, 0.6) is 5.75 Å². The maximum absolute atomic E-state index is 13.3. The van der Waals surface area contributed by atoms with E-state index in [0.717, 1.165) is 0 Å². The van der Waals surface area contributed by atoms with Crippen LogP contribution < -0.4 is 0 Å². The third kappa shape index (κ3) is 2.04. The second-order valence-electron chi connectivity index (χ2n) is 2.90. The lowest BCUT2D eigenvalue weighted by Crippen LogP contribution is -2.03. The second kappa shape index (κ2) is 3.96. The van der Waals surface area contributed by atoms with Crippen molar-refractivity contribution in [1.82, 2.24) is 0 Å². The van der Waals surface area contributed by atoms with Crippen molar-refractivity contribution in [3.8, 4) is 5.75 Å². The van der Waals surface area contributed by atoms with Gasteiger partial charge in [0.1, 0.15) is 0 Å². The van der Waals surface area contributed by atoms with Crippen LogP contribution in [0.1, 0.15) is 11.1 Å². The van der Waals surface area contributed by atoms with E-state index >= 15 is 0 Å². The van der Waals surface area contributed by atoms with Crippen LogP contribution in [0.4, 0.5) is 4.39 Å². The summed E-state index contributed by atoms with van der Waals surface area (Å²) in [5.41, 5.74) is 0.579. The Morgan fingerprint density at radius 3 is 2.71 bits per heavy atom. The highest BCUT2D eigenvalue weighted by atomic mass is 79.9. The van der Waals surface area contributed by atoms with Crippen LogP contribution in [0.15, 0.2) is 10.5 Å². The van der Waals surface area contributed by atoms with Crippen molar-refractivity contribution in [2.24, 2.45) is 0 Å². The first-order valence-electron chi connectivity index (χ1n) is 3.81. The molecule has 2 N–H and O–H groups in total. The number of hydrogen-bond donors (Lipinski definition) is 2. The Morgan fingerprint density at radius 2 is 2.21 bits per heavy atom. The first kappa shape index (κ1) is 11.0. The molecule has 0 saturated heterocycles. The summed E-state index contributed by atoms with van der Waals surface area (Å²) >= 11 is 2.99. The molecular weight excluding hydrogens is 255 g/mol. The zero-order chi connectivity index (χ0) is 10.9. The van der Waals surface area contributed by atoms with Gasteiger partial charge in [0.05, 0.1) is 10.9 Å². The third-order valence-electron chi connectivity index (χ3n) is 1.78. The Hall–Kier alpha value is -1.10. The highest BCUT2D eigenvalue weighted by Crippen LogP contribution is 2.32. The van der Waals surface area contributed by atoms with E-state index in [0.29, 0.717) is 5.56 Å². The molecule has 1 aromatic carbocycles. The molecule has 0 heterocycles. The number of carbonyl (C=O) groups is 1. The van der Waals surface area contributed by atoms with Gasteiger partial charge in [-0.25, -0.2) is 4.39 Å². The molecule has 0 aromatic heterocycles. The van der Waals surface area contributed by atoms with Gasteiger partial charge < -0.3 is 10.2 Å². The van der Waals surface area contributed by atoms with E-state index in [2.05, 4.69) is 15.9 Å². The first-order chi connectivity index (χ1) is 6.43. The number of aromatic hydroxyl groups is 1. The number of aryl methyl sites for hydroxylation is 1. The van der Waals surface area contributed by atoms with Gasteiger partial charge in [-0.05, 0) is 28.4 Å². The number of rotatable bonds is 2. The molecule has 0 aliphatic heterocycles. The van der Waals surface area contributed by atoms with E-state index in [1.165, 1.54) is 6.07 Å². The Morgan fingerprint density at radius 1 is 1.64 bits per heavy atom. The summed E-state index contributed by atoms with van der Waals surface area (Å²) < 4.78 is 13.5. The molecule has 3 nitrogen and oxygen atoms in total. The minimum atomic E-state index is -1.13. The molecule has 76 valence electrons. The minimum Gasteiger partial charge on any atom is -0.504 e. The van der Waals surface area contributed by atoms with Gasteiger partial charge in [0.15, 0.2) is 11.6 Å². The first-order valence-corrected chi connectivity index (χ1v) is 4.61. The molecular formula is C9H8BrFO3. The van der Waals surface area contributed by atoms with Crippen LogP contribution in [-0.4, -0.2) is 16.2 Å². The van der Waals surface area contributed by atoms with Crippen molar-refractivity contribution < 1.29 is 19.4 Å². The van der Waals surface area contributed by atoms with E-state index in [4.69, 9.17) is 5.11 Å². The average Bonchev–Trinajstić information content (AvgIpc) is 2.10. The molecule has 0 atom stereocenters. The quantitative estimate of drug-likeness (QED) is 0.860. The minimum absolute atomic E-state index is 0.0179. The summed E-state index contributed by atoms with van der Waals surface area (Å²) in [6, 6.07) is 1.40. The molecule has 0 amide bonds. The SMILES string of the molecule is Cc1cc(CC(=O)O)c(F)c(O)c1Br. The number of halogens is 2. The number of hydrogen-bond acceptors (Lipinski definition) is 2. The lowest BCUT2D eigenvalue weighted by atomic mass is 10.1. The number of phenolic OH excluding ortho intramolecular Hbond substituents is 1. The van der Waals surface area contributed by atoms with Gasteiger partial charge in [-0.2, -0.15) is 0 Å². The molecule has 0 aliphatic rings. The van der Waals surface area contributed by atoms with E-state index < -0.39 is 24.0 Å². The number of benzene rings is 1. The summed E-state index contributed by atoms with van der Waals surface area (Å²) in [4.78, 5) is 10.4. The van der Waals surface area contributed by atoms with Gasteiger partial charge in [0.2, 0.25) is 0 Å². The maximum Gasteiger partial charge on any atom is 0.307 e. The Kier molecular flexibility index (Phi) is 3.10. The largest absolute Gasteiger partial charge is 0.504 e. The summed E-state index contributed by atoms with van der Waals surface area (Å²) in [7, 11) is 0. The number of carboxylic acid groups (broad SMARTS) is 1. The lowest BCUT2D eigenvalue weighted by Gasteiger charge is -2.07. The van der Waals surface area contributed by atoms with Crippen LogP contribution in [0.3, 0.4) is 0 Å². The van der Waals surface area contributed by atoms with Crippen molar-refractivity contribution in [3.63, 3.8) is 0 Å². The highest BCUT2D eigenvalue weighted by Gasteiger charge is 2.15. The third-order valence-corrected chi connectivity index (χ3v) is 2.78. The zero-order valence-corrected chi connectivity index (χ0v) is 8.93. The van der Waals surface area contributed by atoms with Gasteiger partial charge in [0, 0.05) is 5.56 Å². The fourth-order valence-electron chi connectivity index (χ4n) is 1.11. The summed E-state index contributed by atoms with van der Waals surface area (Å²) in [5.74, 6) is -2.56. The summed E-state index contributed by atoms with van der Waals surface area (Å²) in [5, 5.41) is 17.7. The number of phenols is 1. The van der Waals surface area contributed by atoms with Gasteiger partial charge >= 0.3 is 5.97 Å². The topological polar surface area (TPSA) is 57.5 Å². The van der Waals surface area contributed by atoms with Crippen molar-refractivity contribution in [2.45, 2.75) is 13.3 Å². The number of aliphatic carboxylic acids is 1. The van der Waals surface area contributed by atoms with Gasteiger partial charge in [-0.3, -0.25) is 4.79 Å². The fourth-order valence-corrected chi connectivity index (χ4v) is 1.40. The van der Waals surface area contributed by atoms with Gasteiger partial charge in [0.25, 0.3) is 0 Å². The molecule has 0 unspecified atom stereocenters. The Bertz CT molecular complexity index is 390. The van der Waals surface area contributed by atoms with Crippen LogP contribution >= 0.6 is 15.9 Å². The normalized spacial score (nSPS) is 10.2. The fraction of sp³-hybridized carbons (Fsp3) is 0.222. The van der Waals surface area contributed by atoms with Gasteiger partial charge in [-0.15, -0.1) is 0 Å². The summed E-state index contributed by atoms with van der Waals surface area (Å²) in [6.45, 7) is 1.65. The standard InChI is InChI=1S/C9H8BrFO3/c1-4-2-5(3-6(12)13)8(11)9(14)7(4)10/h2,14H,3H2,1H3,(H,12,13). The Balaban J connectivity index is 3.25. The van der Waals surface area contributed by atoms with Crippen LogP contribution in [0.2, 0.25) is 0 Å². The van der Waals surface area contributed by atoms with Crippen LogP contribution in [0, 0.1) is 12.7 Å². The monoisotopic (exact) mass is 262 g/mol. The van der Waals surface area contributed by atoms with E-state index in [9.17, 15) is 14.3 Å². The van der Waals surface area contributed by atoms with Crippen molar-refractivity contribution in [1.29, 1.82) is 0 Å². The van der Waals surface area contributed by atoms with Crippen LogP contribution in [-0.2, 0) is 11.2 Å². The number of carboxylic acids is 1. The molecule has 0 saturated carbocycles. The molecule has 14 heavy (non-hydrogen) atoms. The molecule has 0 bridgehead atoms. The maximum atomic E-state index is 13.3. The molecule has 5 heteroatoms. The van der Waals surface area contributed by atoms with Crippen molar-refractivity contribution in [3.05, 3.63) is 27.5 Å². The summed E-state index contributed by atoms with van der Waals surface area (Å²) in [6.07, 6.45) is -0.437. The highest BCUT2D eigenvalue weighted by molar-refractivity contribution is 9.10. The molecule has 0 aliphatic carbocycles. The predicted octanol–water partition coefficient (Wildman–Crippen LogP) is 2.23. The predicted molar refractivity (Wildman–Crippen MR) is 51.8 cm³/mol. The second-order valence-corrected chi connectivity index (χ2v) is 3.69. The Labute approximate surface area is 88.3 Å². The van der Waals surface area contributed by atoms with E-state index in [1.807, 2.05) is 0 Å².